The number of hydrogen-bond acceptors (Lipinski definition) is 7. The Labute approximate surface area is 178 Å². The van der Waals surface area contributed by atoms with Crippen molar-refractivity contribution in [1.29, 1.82) is 0 Å². The molecule has 162 valence electrons. The number of nitrogens with one attached hydrogen (secondary N) is 1. The molecular weight excluding hydrogens is 392 g/mol. The molecule has 0 saturated carbocycles. The van der Waals surface area contributed by atoms with Crippen molar-refractivity contribution in [3.8, 4) is 0 Å². The van der Waals surface area contributed by atoms with Crippen LogP contribution in [0, 0.1) is 6.92 Å². The number of halogens is 1. The summed E-state index contributed by atoms with van der Waals surface area (Å²) in [6.07, 6.45) is 1.42. The first kappa shape index (κ1) is 23.6. The third-order valence-corrected chi connectivity index (χ3v) is 5.51. The first-order valence-corrected chi connectivity index (χ1v) is 10.2. The van der Waals surface area contributed by atoms with Crippen LogP contribution >= 0.6 is 11.6 Å². The fourth-order valence-electron chi connectivity index (χ4n) is 3.33. The lowest BCUT2D eigenvalue weighted by molar-refractivity contribution is 0.00986. The molecule has 8 heteroatoms. The molecule has 0 fully saturated rings. The van der Waals surface area contributed by atoms with Gasteiger partial charge in [0.2, 0.25) is 5.95 Å². The monoisotopic (exact) mass is 424 g/mol. The van der Waals surface area contributed by atoms with E-state index in [0.717, 1.165) is 22.9 Å². The first-order chi connectivity index (χ1) is 13.8. The number of ether oxygens (including phenoxy) is 2. The predicted octanol–water partition coefficient (Wildman–Crippen LogP) is 3.65. The van der Waals surface area contributed by atoms with Gasteiger partial charge in [0.1, 0.15) is 5.82 Å². The molecule has 0 saturated heterocycles. The van der Waals surface area contributed by atoms with Gasteiger partial charge in [0.05, 0.1) is 23.8 Å². The van der Waals surface area contributed by atoms with E-state index in [-0.39, 0.29) is 18.2 Å². The summed E-state index contributed by atoms with van der Waals surface area (Å²) < 4.78 is 11.0. The molecule has 2 N–H and O–H groups in total. The largest absolute Gasteiger partial charge is 0.396 e. The van der Waals surface area contributed by atoms with Crippen molar-refractivity contribution in [1.82, 2.24) is 9.97 Å². The van der Waals surface area contributed by atoms with Gasteiger partial charge in [0, 0.05) is 44.8 Å². The summed E-state index contributed by atoms with van der Waals surface area (Å²) in [5, 5.41) is 14.4. The van der Waals surface area contributed by atoms with Gasteiger partial charge in [-0.05, 0) is 44.4 Å². The number of rotatable bonds is 11. The molecule has 29 heavy (non-hydrogen) atoms. The Balaban J connectivity index is 2.52. The minimum absolute atomic E-state index is 0.0598. The highest BCUT2D eigenvalue weighted by Crippen LogP contribution is 2.30. The number of aliphatic hydroxyl groups excluding tert-OH is 1. The van der Waals surface area contributed by atoms with E-state index < -0.39 is 0 Å². The van der Waals surface area contributed by atoms with Crippen LogP contribution in [0.1, 0.15) is 32.3 Å². The molecule has 0 spiro atoms. The van der Waals surface area contributed by atoms with Gasteiger partial charge >= 0.3 is 0 Å². The lowest BCUT2D eigenvalue weighted by Gasteiger charge is -2.32. The Morgan fingerprint density at radius 2 is 2.03 bits per heavy atom. The Kier molecular flexibility index (Phi) is 8.46. The number of benzene rings is 1. The van der Waals surface area contributed by atoms with Crippen LogP contribution < -0.4 is 10.2 Å². The maximum atomic E-state index is 9.40. The second-order valence-electron chi connectivity index (χ2n) is 7.66. The van der Waals surface area contributed by atoms with Crippen LogP contribution in [0.4, 0.5) is 11.8 Å². The molecule has 0 amide bonds. The van der Waals surface area contributed by atoms with Gasteiger partial charge < -0.3 is 24.8 Å². The number of methoxy groups -OCH3 is 2. The second kappa shape index (κ2) is 10.4. The van der Waals surface area contributed by atoms with Gasteiger partial charge in [-0.15, -0.1) is 0 Å². The number of aromatic nitrogens is 2. The van der Waals surface area contributed by atoms with Crippen molar-refractivity contribution in [3.63, 3.8) is 0 Å². The fourth-order valence-corrected chi connectivity index (χ4v) is 3.59. The van der Waals surface area contributed by atoms with Crippen molar-refractivity contribution in [3.05, 3.63) is 22.7 Å². The molecule has 1 aromatic carbocycles. The average molecular weight is 425 g/mol. The smallest absolute Gasteiger partial charge is 0.227 e. The van der Waals surface area contributed by atoms with Crippen LogP contribution in [0.2, 0.25) is 5.02 Å². The number of nitrogens with zero attached hydrogens (tertiary/aromatic N) is 3. The molecule has 1 aromatic heterocycles. The zero-order valence-electron chi connectivity index (χ0n) is 18.3. The van der Waals surface area contributed by atoms with Crippen LogP contribution in [-0.2, 0) is 9.47 Å². The topological polar surface area (TPSA) is 79.7 Å². The lowest BCUT2D eigenvalue weighted by Crippen LogP contribution is -2.41. The minimum atomic E-state index is -0.305. The van der Waals surface area contributed by atoms with Crippen molar-refractivity contribution in [2.75, 3.05) is 51.2 Å². The normalized spacial score (nSPS) is 14.6. The van der Waals surface area contributed by atoms with Crippen molar-refractivity contribution < 1.29 is 14.6 Å². The Morgan fingerprint density at radius 3 is 2.62 bits per heavy atom. The molecule has 0 aliphatic rings. The van der Waals surface area contributed by atoms with Gasteiger partial charge in [-0.2, -0.15) is 4.98 Å². The summed E-state index contributed by atoms with van der Waals surface area (Å²) in [6.45, 7) is 7.32. The zero-order chi connectivity index (χ0) is 21.6. The van der Waals surface area contributed by atoms with E-state index in [2.05, 4.69) is 19.2 Å². The highest BCUT2D eigenvalue weighted by atomic mass is 35.5. The van der Waals surface area contributed by atoms with E-state index >= 15 is 0 Å². The van der Waals surface area contributed by atoms with E-state index in [4.69, 9.17) is 31.0 Å². The third kappa shape index (κ3) is 5.92. The van der Waals surface area contributed by atoms with Crippen LogP contribution in [0.5, 0.6) is 0 Å². The Bertz CT molecular complexity index is 808. The molecule has 2 rings (SSSR count). The summed E-state index contributed by atoms with van der Waals surface area (Å²) >= 11 is 6.30. The van der Waals surface area contributed by atoms with Crippen LogP contribution in [0.25, 0.3) is 10.9 Å². The van der Waals surface area contributed by atoms with Crippen molar-refractivity contribution >= 4 is 34.3 Å². The van der Waals surface area contributed by atoms with Crippen LogP contribution in [-0.4, -0.2) is 67.7 Å². The van der Waals surface area contributed by atoms with Gasteiger partial charge in [-0.1, -0.05) is 18.5 Å². The molecular formula is C21H33ClN4O3. The summed E-state index contributed by atoms with van der Waals surface area (Å²) in [5.41, 5.74) is 1.45. The van der Waals surface area contributed by atoms with Crippen molar-refractivity contribution in [2.24, 2.45) is 0 Å². The number of fused-ring (bicyclic) bond motifs is 1. The standard InChI is InChI=1S/C21H33ClN4O3/c1-7-21(3,29-6)13-26(4)20-24-17-11-15(22)10-14(2)18(17)19(25-20)23-16(8-9-27)12-28-5/h10-11,16,27H,7-9,12-13H2,1-6H3,(H,23,24,25). The quantitative estimate of drug-likeness (QED) is 0.569. The van der Waals surface area contributed by atoms with Crippen LogP contribution in [0.15, 0.2) is 12.1 Å². The molecule has 2 atom stereocenters. The highest BCUT2D eigenvalue weighted by Gasteiger charge is 2.25. The number of likely N-dealkylation sites (N-methyl/N-ethyl adjacent to an activating group) is 1. The summed E-state index contributed by atoms with van der Waals surface area (Å²) in [4.78, 5) is 11.6. The molecule has 2 aromatic rings. The van der Waals surface area contributed by atoms with Gasteiger partial charge in [-0.3, -0.25) is 0 Å². The van der Waals surface area contributed by atoms with E-state index in [1.807, 2.05) is 31.0 Å². The highest BCUT2D eigenvalue weighted by molar-refractivity contribution is 6.31. The molecule has 0 aliphatic carbocycles. The molecule has 7 nitrogen and oxygen atoms in total. The molecule has 0 aliphatic heterocycles. The number of aliphatic hydroxyl groups is 1. The minimum Gasteiger partial charge on any atom is -0.396 e. The zero-order valence-corrected chi connectivity index (χ0v) is 19.0. The van der Waals surface area contributed by atoms with E-state index in [9.17, 15) is 5.11 Å². The number of aryl methyl sites for hydroxylation is 1. The summed E-state index contributed by atoms with van der Waals surface area (Å²) in [6, 6.07) is 3.68. The van der Waals surface area contributed by atoms with Crippen LogP contribution in [0.3, 0.4) is 0 Å². The predicted molar refractivity (Wildman–Crippen MR) is 119 cm³/mol. The van der Waals surface area contributed by atoms with E-state index in [0.29, 0.717) is 36.4 Å². The maximum Gasteiger partial charge on any atom is 0.227 e. The Hall–Kier alpha value is -1.67. The number of anilines is 2. The molecule has 0 radical (unpaired) electrons. The number of hydrogen-bond donors (Lipinski definition) is 2. The SMILES string of the molecule is CCC(C)(CN(C)c1nc(NC(CCO)COC)c2c(C)cc(Cl)cc2n1)OC. The molecule has 1 heterocycles. The Morgan fingerprint density at radius 1 is 1.31 bits per heavy atom. The summed E-state index contributed by atoms with van der Waals surface area (Å²) in [5.74, 6) is 1.29. The summed E-state index contributed by atoms with van der Waals surface area (Å²) in [7, 11) is 5.32. The second-order valence-corrected chi connectivity index (χ2v) is 8.10. The lowest BCUT2D eigenvalue weighted by atomic mass is 10.0. The van der Waals surface area contributed by atoms with Gasteiger partial charge in [0.25, 0.3) is 0 Å². The van der Waals surface area contributed by atoms with E-state index in [1.165, 1.54) is 0 Å². The van der Waals surface area contributed by atoms with Crippen molar-refractivity contribution in [2.45, 2.75) is 45.3 Å². The van der Waals surface area contributed by atoms with Gasteiger partial charge in [-0.25, -0.2) is 4.98 Å². The maximum absolute atomic E-state index is 9.40. The third-order valence-electron chi connectivity index (χ3n) is 5.29. The van der Waals surface area contributed by atoms with E-state index in [1.54, 1.807) is 14.2 Å². The first-order valence-electron chi connectivity index (χ1n) is 9.87. The fraction of sp³-hybridized carbons (Fsp3) is 0.619. The average Bonchev–Trinajstić information content (AvgIpc) is 2.67. The molecule has 0 bridgehead atoms. The van der Waals surface area contributed by atoms with Gasteiger partial charge in [0.15, 0.2) is 0 Å². The molecule has 2 unspecified atom stereocenters.